The highest BCUT2D eigenvalue weighted by Crippen LogP contribution is 2.15. The molecule has 0 bridgehead atoms. The Morgan fingerprint density at radius 3 is 2.53 bits per heavy atom. The monoisotopic (exact) mass is 222 g/mol. The Kier molecular flexibility index (Phi) is 2.47. The summed E-state index contributed by atoms with van der Waals surface area (Å²) in [6, 6.07) is 10.7. The summed E-state index contributed by atoms with van der Waals surface area (Å²) in [5, 5.41) is 0. The molecule has 0 aliphatic heterocycles. The summed E-state index contributed by atoms with van der Waals surface area (Å²) >= 11 is 0. The number of anilines is 1. The second-order valence-electron chi connectivity index (χ2n) is 2.85. The standard InChI is InChI=1S/C10H8NO3S/c12-15(13,10-6-7-14-8-10)11-9-4-2-1-3-5-9/h2-8,11H. The second-order valence-corrected chi connectivity index (χ2v) is 4.54. The molecule has 15 heavy (non-hydrogen) atoms. The van der Waals surface area contributed by atoms with Crippen molar-refractivity contribution < 1.29 is 12.8 Å². The van der Waals surface area contributed by atoms with E-state index in [9.17, 15) is 8.42 Å². The van der Waals surface area contributed by atoms with Gasteiger partial charge in [-0.05, 0) is 24.3 Å². The van der Waals surface area contributed by atoms with E-state index in [-0.39, 0.29) is 4.90 Å². The minimum atomic E-state index is -3.53. The van der Waals surface area contributed by atoms with E-state index in [1.165, 1.54) is 18.6 Å². The molecule has 1 N–H and O–H groups in total. The van der Waals surface area contributed by atoms with Crippen LogP contribution in [0.15, 0.2) is 52.2 Å². The van der Waals surface area contributed by atoms with Crippen molar-refractivity contribution in [3.63, 3.8) is 0 Å². The van der Waals surface area contributed by atoms with Gasteiger partial charge >= 0.3 is 0 Å². The van der Waals surface area contributed by atoms with Crippen LogP contribution in [0.1, 0.15) is 0 Å². The zero-order chi connectivity index (χ0) is 10.7. The first-order valence-corrected chi connectivity index (χ1v) is 5.68. The van der Waals surface area contributed by atoms with Crippen molar-refractivity contribution >= 4 is 15.7 Å². The molecule has 5 heteroatoms. The van der Waals surface area contributed by atoms with Crippen LogP contribution in [0, 0.1) is 6.07 Å². The molecule has 0 fully saturated rings. The van der Waals surface area contributed by atoms with Crippen molar-refractivity contribution in [1.82, 2.24) is 0 Å². The van der Waals surface area contributed by atoms with Crippen LogP contribution >= 0.6 is 0 Å². The highest BCUT2D eigenvalue weighted by atomic mass is 32.2. The fourth-order valence-corrected chi connectivity index (χ4v) is 2.06. The molecule has 1 radical (unpaired) electrons. The van der Waals surface area contributed by atoms with E-state index in [0.29, 0.717) is 5.69 Å². The van der Waals surface area contributed by atoms with Gasteiger partial charge in [0.2, 0.25) is 0 Å². The Bertz CT molecular complexity index is 517. The van der Waals surface area contributed by atoms with Crippen LogP contribution in [0.3, 0.4) is 0 Å². The van der Waals surface area contributed by atoms with E-state index >= 15 is 0 Å². The van der Waals surface area contributed by atoms with Gasteiger partial charge in [0, 0.05) is 5.69 Å². The van der Waals surface area contributed by atoms with Crippen molar-refractivity contribution in [2.24, 2.45) is 0 Å². The summed E-state index contributed by atoms with van der Waals surface area (Å²) in [6.07, 6.45) is 2.49. The van der Waals surface area contributed by atoms with Gasteiger partial charge in [0.25, 0.3) is 10.0 Å². The fraction of sp³-hybridized carbons (Fsp3) is 0. The Morgan fingerprint density at radius 1 is 1.20 bits per heavy atom. The maximum Gasteiger partial charge on any atom is 0.265 e. The molecule has 0 atom stereocenters. The van der Waals surface area contributed by atoms with Gasteiger partial charge in [-0.3, -0.25) is 4.72 Å². The van der Waals surface area contributed by atoms with Crippen LogP contribution in [-0.4, -0.2) is 8.42 Å². The molecule has 0 spiro atoms. The van der Waals surface area contributed by atoms with Crippen molar-refractivity contribution in [2.75, 3.05) is 4.72 Å². The highest BCUT2D eigenvalue weighted by molar-refractivity contribution is 7.92. The van der Waals surface area contributed by atoms with Gasteiger partial charge in [-0.1, -0.05) is 12.1 Å². The molecular weight excluding hydrogens is 214 g/mol. The quantitative estimate of drug-likeness (QED) is 0.862. The molecule has 0 unspecified atom stereocenters. The van der Waals surface area contributed by atoms with Crippen molar-refractivity contribution in [2.45, 2.75) is 4.90 Å². The predicted molar refractivity (Wildman–Crippen MR) is 54.8 cm³/mol. The third kappa shape index (κ3) is 2.19. The van der Waals surface area contributed by atoms with Gasteiger partial charge < -0.3 is 4.42 Å². The highest BCUT2D eigenvalue weighted by Gasteiger charge is 2.14. The molecule has 0 aliphatic rings. The first kappa shape index (κ1) is 9.79. The first-order chi connectivity index (χ1) is 7.18. The van der Waals surface area contributed by atoms with E-state index in [1.54, 1.807) is 24.3 Å². The van der Waals surface area contributed by atoms with Crippen molar-refractivity contribution in [3.8, 4) is 0 Å². The Labute approximate surface area is 87.6 Å². The third-order valence-electron chi connectivity index (χ3n) is 1.78. The Morgan fingerprint density at radius 2 is 1.93 bits per heavy atom. The Balaban J connectivity index is 2.27. The molecular formula is C10H8NO3S. The Hall–Kier alpha value is -1.75. The van der Waals surface area contributed by atoms with E-state index in [2.05, 4.69) is 10.8 Å². The molecule has 77 valence electrons. The van der Waals surface area contributed by atoms with Gasteiger partial charge in [-0.2, -0.15) is 0 Å². The number of hydrogen-bond acceptors (Lipinski definition) is 3. The molecule has 0 aliphatic carbocycles. The molecule has 4 nitrogen and oxygen atoms in total. The second kappa shape index (κ2) is 3.78. The van der Waals surface area contributed by atoms with Gasteiger partial charge in [0.15, 0.2) is 0 Å². The van der Waals surface area contributed by atoms with Gasteiger partial charge in [0.1, 0.15) is 11.2 Å². The number of benzene rings is 1. The smallest absolute Gasteiger partial charge is 0.265 e. The average Bonchev–Trinajstić information content (AvgIpc) is 2.71. The van der Waals surface area contributed by atoms with Gasteiger partial charge in [-0.15, -0.1) is 0 Å². The summed E-state index contributed by atoms with van der Waals surface area (Å²) < 4.78 is 30.5. The van der Waals surface area contributed by atoms with Crippen LogP contribution in [-0.2, 0) is 10.0 Å². The number of rotatable bonds is 3. The van der Waals surface area contributed by atoms with E-state index in [0.717, 1.165) is 0 Å². The SMILES string of the molecule is O=S(=O)(Nc1cc[c]cc1)c1ccoc1. The largest absolute Gasteiger partial charge is 0.471 e. The van der Waals surface area contributed by atoms with E-state index in [1.807, 2.05) is 0 Å². The summed E-state index contributed by atoms with van der Waals surface area (Å²) in [7, 11) is -3.53. The minimum Gasteiger partial charge on any atom is -0.471 e. The number of nitrogens with one attached hydrogen (secondary N) is 1. The summed E-state index contributed by atoms with van der Waals surface area (Å²) in [5.74, 6) is 0. The molecule has 1 aromatic carbocycles. The predicted octanol–water partition coefficient (Wildman–Crippen LogP) is 1.88. The molecule has 2 aromatic rings. The zero-order valence-corrected chi connectivity index (χ0v) is 8.49. The van der Waals surface area contributed by atoms with Crippen molar-refractivity contribution in [3.05, 3.63) is 48.9 Å². The van der Waals surface area contributed by atoms with Crippen LogP contribution in [0.25, 0.3) is 0 Å². The van der Waals surface area contributed by atoms with Crippen LogP contribution in [0.2, 0.25) is 0 Å². The number of furan rings is 1. The van der Waals surface area contributed by atoms with E-state index < -0.39 is 10.0 Å². The van der Waals surface area contributed by atoms with Crippen molar-refractivity contribution in [1.29, 1.82) is 0 Å². The first-order valence-electron chi connectivity index (χ1n) is 4.20. The van der Waals surface area contributed by atoms with Gasteiger partial charge in [-0.25, -0.2) is 8.42 Å². The summed E-state index contributed by atoms with van der Waals surface area (Å²) in [6.45, 7) is 0. The lowest BCUT2D eigenvalue weighted by atomic mass is 10.3. The molecule has 1 heterocycles. The van der Waals surface area contributed by atoms with Crippen LogP contribution in [0.5, 0.6) is 0 Å². The third-order valence-corrected chi connectivity index (χ3v) is 3.13. The number of hydrogen-bond donors (Lipinski definition) is 1. The minimum absolute atomic E-state index is 0.107. The lowest BCUT2D eigenvalue weighted by molar-refractivity contribution is 0.557. The molecule has 0 amide bonds. The lowest BCUT2D eigenvalue weighted by Crippen LogP contribution is -2.11. The zero-order valence-electron chi connectivity index (χ0n) is 7.67. The molecule has 1 aromatic heterocycles. The topological polar surface area (TPSA) is 59.3 Å². The lowest BCUT2D eigenvalue weighted by Gasteiger charge is -2.04. The van der Waals surface area contributed by atoms with E-state index in [4.69, 9.17) is 4.42 Å². The molecule has 2 rings (SSSR count). The fourth-order valence-electron chi connectivity index (χ4n) is 1.07. The molecule has 0 saturated carbocycles. The van der Waals surface area contributed by atoms with Crippen LogP contribution in [0.4, 0.5) is 5.69 Å². The van der Waals surface area contributed by atoms with Gasteiger partial charge in [0.05, 0.1) is 6.26 Å². The maximum absolute atomic E-state index is 11.7. The summed E-state index contributed by atoms with van der Waals surface area (Å²) in [5.41, 5.74) is 0.495. The normalized spacial score (nSPS) is 11.2. The maximum atomic E-state index is 11.7. The molecule has 0 saturated heterocycles. The van der Waals surface area contributed by atoms with Crippen LogP contribution < -0.4 is 4.72 Å². The number of sulfonamides is 1. The average molecular weight is 222 g/mol. The summed E-state index contributed by atoms with van der Waals surface area (Å²) in [4.78, 5) is 0.107.